The molecule has 0 aliphatic carbocycles. The number of nitrogens with zero attached hydrogens (tertiary/aromatic N) is 4. The minimum absolute atomic E-state index is 0.424. The van der Waals surface area contributed by atoms with Crippen molar-refractivity contribution in [1.82, 2.24) is 19.7 Å². The average Bonchev–Trinajstić information content (AvgIpc) is 3.05. The second kappa shape index (κ2) is 8.57. The van der Waals surface area contributed by atoms with Gasteiger partial charge in [-0.3, -0.25) is 0 Å². The number of rotatable bonds is 9. The number of benzene rings is 1. The van der Waals surface area contributed by atoms with Crippen LogP contribution in [-0.2, 0) is 11.5 Å². The fourth-order valence-electron chi connectivity index (χ4n) is 2.66. The zero-order valence-electron chi connectivity index (χ0n) is 17.0. The Hall–Kier alpha value is -2.65. The Morgan fingerprint density at radius 3 is 2.61 bits per heavy atom. The van der Waals surface area contributed by atoms with Crippen molar-refractivity contribution in [2.75, 3.05) is 26.1 Å². The van der Waals surface area contributed by atoms with Crippen LogP contribution in [0.5, 0.6) is 11.6 Å². The number of methoxy groups -OCH3 is 2. The maximum absolute atomic E-state index is 5.84. The molecule has 2 aromatic heterocycles. The lowest BCUT2D eigenvalue weighted by atomic mass is 10.2. The Morgan fingerprint density at radius 2 is 1.89 bits per heavy atom. The van der Waals surface area contributed by atoms with Gasteiger partial charge in [0.2, 0.25) is 5.88 Å². The van der Waals surface area contributed by atoms with Gasteiger partial charge in [-0.2, -0.15) is 5.10 Å². The fourth-order valence-corrected chi connectivity index (χ4v) is 3.42. The van der Waals surface area contributed by atoms with E-state index in [1.807, 2.05) is 23.0 Å². The van der Waals surface area contributed by atoms with Crippen molar-refractivity contribution in [2.24, 2.45) is 0 Å². The van der Waals surface area contributed by atoms with Gasteiger partial charge in [0, 0.05) is 32.2 Å². The summed E-state index contributed by atoms with van der Waals surface area (Å²) in [5.74, 6) is 1.79. The molecule has 0 saturated heterocycles. The van der Waals surface area contributed by atoms with Crippen LogP contribution in [-0.4, -0.2) is 48.6 Å². The molecule has 28 heavy (non-hydrogen) atoms. The summed E-state index contributed by atoms with van der Waals surface area (Å²) in [5.41, 5.74) is 1.74. The molecule has 0 fully saturated rings. The second-order valence-electron chi connectivity index (χ2n) is 7.67. The smallest absolute Gasteiger partial charge is 0.218 e. The van der Waals surface area contributed by atoms with Gasteiger partial charge in [0.1, 0.15) is 24.6 Å². The summed E-state index contributed by atoms with van der Waals surface area (Å²) in [6.45, 7) is 8.20. The molecule has 1 aromatic carbocycles. The van der Waals surface area contributed by atoms with Crippen molar-refractivity contribution in [3.63, 3.8) is 0 Å². The average molecular weight is 402 g/mol. The molecule has 9 heteroatoms. The molecular formula is C19H27N5O3Si. The van der Waals surface area contributed by atoms with E-state index in [4.69, 9.17) is 14.2 Å². The second-order valence-corrected chi connectivity index (χ2v) is 13.3. The molecule has 0 spiro atoms. The number of nitrogens with one attached hydrogen (secondary N) is 1. The first-order valence-corrected chi connectivity index (χ1v) is 12.8. The standard InChI is InChI=1S/C19H27N5O3Si/c1-25-17-9-16-14(11-22-24(16)13-27-6-7-28(3,4)5)8-15(17)23-18-10-19(26-2)21-12-20-18/h8-12H,6-7,13H2,1-5H3,(H,20,21,23). The summed E-state index contributed by atoms with van der Waals surface area (Å²) in [7, 11) is 2.10. The Bertz CT molecular complexity index is 939. The first-order chi connectivity index (χ1) is 13.4. The van der Waals surface area contributed by atoms with Crippen molar-refractivity contribution in [1.29, 1.82) is 0 Å². The van der Waals surface area contributed by atoms with Crippen LogP contribution < -0.4 is 14.8 Å². The lowest BCUT2D eigenvalue weighted by molar-refractivity contribution is 0.0817. The molecule has 0 bridgehead atoms. The Kier molecular flexibility index (Phi) is 6.15. The van der Waals surface area contributed by atoms with Gasteiger partial charge in [-0.15, -0.1) is 0 Å². The maximum Gasteiger partial charge on any atom is 0.218 e. The van der Waals surface area contributed by atoms with Crippen molar-refractivity contribution in [3.8, 4) is 11.6 Å². The predicted molar refractivity (Wildman–Crippen MR) is 112 cm³/mol. The Morgan fingerprint density at radius 1 is 1.07 bits per heavy atom. The molecule has 0 saturated carbocycles. The Balaban J connectivity index is 1.78. The molecule has 0 unspecified atom stereocenters. The van der Waals surface area contributed by atoms with E-state index in [9.17, 15) is 0 Å². The highest BCUT2D eigenvalue weighted by atomic mass is 28.3. The van der Waals surface area contributed by atoms with Gasteiger partial charge in [-0.05, 0) is 12.1 Å². The summed E-state index contributed by atoms with van der Waals surface area (Å²) >= 11 is 0. The van der Waals surface area contributed by atoms with E-state index in [1.54, 1.807) is 20.3 Å². The molecule has 0 amide bonds. The molecule has 150 valence electrons. The molecule has 0 aliphatic heterocycles. The largest absolute Gasteiger partial charge is 0.494 e. The van der Waals surface area contributed by atoms with E-state index in [0.717, 1.165) is 29.2 Å². The van der Waals surface area contributed by atoms with Crippen LogP contribution in [0, 0.1) is 0 Å². The van der Waals surface area contributed by atoms with Crippen molar-refractivity contribution in [3.05, 3.63) is 30.7 Å². The summed E-state index contributed by atoms with van der Waals surface area (Å²) < 4.78 is 18.4. The normalized spacial score (nSPS) is 11.6. The molecule has 8 nitrogen and oxygen atoms in total. The van der Waals surface area contributed by atoms with Crippen LogP contribution in [0.15, 0.2) is 30.7 Å². The predicted octanol–water partition coefficient (Wildman–Crippen LogP) is 3.90. The van der Waals surface area contributed by atoms with E-state index in [2.05, 4.69) is 40.0 Å². The summed E-state index contributed by atoms with van der Waals surface area (Å²) in [6, 6.07) is 6.78. The first kappa shape index (κ1) is 20.1. The highest BCUT2D eigenvalue weighted by Gasteiger charge is 2.14. The van der Waals surface area contributed by atoms with Crippen molar-refractivity contribution >= 4 is 30.5 Å². The van der Waals surface area contributed by atoms with Gasteiger partial charge in [0.05, 0.1) is 31.6 Å². The third-order valence-electron chi connectivity index (χ3n) is 4.29. The maximum atomic E-state index is 5.84. The van der Waals surface area contributed by atoms with Gasteiger partial charge in [-0.1, -0.05) is 19.6 Å². The fraction of sp³-hybridized carbons (Fsp3) is 0.421. The van der Waals surface area contributed by atoms with Gasteiger partial charge in [-0.25, -0.2) is 14.6 Å². The first-order valence-electron chi connectivity index (χ1n) is 9.14. The van der Waals surface area contributed by atoms with Crippen LogP contribution in [0.1, 0.15) is 0 Å². The lowest BCUT2D eigenvalue weighted by Gasteiger charge is -2.15. The van der Waals surface area contributed by atoms with Crippen LogP contribution in [0.4, 0.5) is 11.5 Å². The molecule has 0 atom stereocenters. The van der Waals surface area contributed by atoms with E-state index in [1.165, 1.54) is 6.33 Å². The zero-order chi connectivity index (χ0) is 20.1. The minimum atomic E-state index is -1.10. The summed E-state index contributed by atoms with van der Waals surface area (Å²) in [5, 5.41) is 8.69. The van der Waals surface area contributed by atoms with Crippen LogP contribution in [0.2, 0.25) is 25.7 Å². The number of hydrogen-bond acceptors (Lipinski definition) is 7. The zero-order valence-corrected chi connectivity index (χ0v) is 18.0. The number of ether oxygens (including phenoxy) is 3. The van der Waals surface area contributed by atoms with Crippen molar-refractivity contribution < 1.29 is 14.2 Å². The number of anilines is 2. The molecular weight excluding hydrogens is 374 g/mol. The molecule has 3 aromatic rings. The van der Waals surface area contributed by atoms with Crippen LogP contribution in [0.3, 0.4) is 0 Å². The van der Waals surface area contributed by atoms with E-state index < -0.39 is 8.07 Å². The molecule has 1 N–H and O–H groups in total. The van der Waals surface area contributed by atoms with Crippen molar-refractivity contribution in [2.45, 2.75) is 32.4 Å². The van der Waals surface area contributed by atoms with Crippen LogP contribution in [0.25, 0.3) is 10.9 Å². The minimum Gasteiger partial charge on any atom is -0.494 e. The number of hydrogen-bond donors (Lipinski definition) is 1. The SMILES string of the molecule is COc1cc(Nc2cc3cnn(COCC[Si](C)(C)C)c3cc2OC)ncn1. The van der Waals surface area contributed by atoms with Gasteiger partial charge in [0.15, 0.2) is 0 Å². The third-order valence-corrected chi connectivity index (χ3v) is 5.99. The highest BCUT2D eigenvalue weighted by molar-refractivity contribution is 6.76. The quantitative estimate of drug-likeness (QED) is 0.430. The Labute approximate surface area is 165 Å². The third kappa shape index (κ3) is 4.99. The molecule has 3 rings (SSSR count). The topological polar surface area (TPSA) is 83.3 Å². The monoisotopic (exact) mass is 401 g/mol. The van der Waals surface area contributed by atoms with Crippen LogP contribution >= 0.6 is 0 Å². The number of fused-ring (bicyclic) bond motifs is 1. The van der Waals surface area contributed by atoms with Gasteiger partial charge in [0.25, 0.3) is 0 Å². The summed E-state index contributed by atoms with van der Waals surface area (Å²) in [6.07, 6.45) is 3.27. The molecule has 2 heterocycles. The van der Waals surface area contributed by atoms with E-state index in [-0.39, 0.29) is 0 Å². The molecule has 0 aliphatic rings. The van der Waals surface area contributed by atoms with Gasteiger partial charge >= 0.3 is 0 Å². The van der Waals surface area contributed by atoms with E-state index in [0.29, 0.717) is 24.2 Å². The van der Waals surface area contributed by atoms with Gasteiger partial charge < -0.3 is 19.5 Å². The molecule has 0 radical (unpaired) electrons. The summed E-state index contributed by atoms with van der Waals surface area (Å²) in [4.78, 5) is 8.23. The highest BCUT2D eigenvalue weighted by Crippen LogP contribution is 2.32. The number of aromatic nitrogens is 4. The lowest BCUT2D eigenvalue weighted by Crippen LogP contribution is -2.22. The van der Waals surface area contributed by atoms with E-state index >= 15 is 0 Å².